The van der Waals surface area contributed by atoms with Crippen LogP contribution in [0.5, 0.6) is 0 Å². The van der Waals surface area contributed by atoms with Crippen molar-refractivity contribution in [2.45, 2.75) is 56.7 Å². The number of nitrogens with zero attached hydrogens (tertiary/aromatic N) is 4. The first-order valence-electron chi connectivity index (χ1n) is 8.61. The molecule has 3 heterocycles. The summed E-state index contributed by atoms with van der Waals surface area (Å²) in [5, 5.41) is 18.5. The molecule has 2 aromatic rings. The minimum Gasteiger partial charge on any atom is -0.467 e. The Morgan fingerprint density at radius 3 is 3.04 bits per heavy atom. The number of hydrogen-bond acceptors (Lipinski definition) is 5. The highest BCUT2D eigenvalue weighted by atomic mass is 16.4. The van der Waals surface area contributed by atoms with Crippen LogP contribution in [0.15, 0.2) is 29.0 Å². The third-order valence-electron chi connectivity index (χ3n) is 4.91. The number of aliphatic hydroxyl groups is 1. The normalized spacial score (nSPS) is 22.0. The van der Waals surface area contributed by atoms with E-state index < -0.39 is 6.10 Å². The summed E-state index contributed by atoms with van der Waals surface area (Å²) >= 11 is 0. The molecule has 1 aliphatic heterocycles. The molecule has 2 aromatic heterocycles. The maximum absolute atomic E-state index is 12.6. The molecule has 2 fully saturated rings. The molecule has 24 heavy (non-hydrogen) atoms. The lowest BCUT2D eigenvalue weighted by Gasteiger charge is -2.26. The summed E-state index contributed by atoms with van der Waals surface area (Å²) in [4.78, 5) is 14.5. The zero-order valence-electron chi connectivity index (χ0n) is 13.5. The number of carbonyl (C=O) groups is 1. The average Bonchev–Trinajstić information content (AvgIpc) is 3.00. The summed E-state index contributed by atoms with van der Waals surface area (Å²) in [6.07, 6.45) is 7.49. The summed E-state index contributed by atoms with van der Waals surface area (Å²) in [5.74, 6) is 1.13. The van der Waals surface area contributed by atoms with Crippen LogP contribution in [0.2, 0.25) is 0 Å². The van der Waals surface area contributed by atoms with Crippen molar-refractivity contribution in [3.8, 4) is 0 Å². The van der Waals surface area contributed by atoms with Crippen molar-refractivity contribution in [2.75, 3.05) is 6.54 Å². The number of hydrogen-bond donors (Lipinski definition) is 1. The van der Waals surface area contributed by atoms with Crippen LogP contribution < -0.4 is 0 Å². The molecule has 1 aliphatic carbocycles. The van der Waals surface area contributed by atoms with Crippen LogP contribution in [-0.2, 0) is 11.3 Å². The van der Waals surface area contributed by atoms with E-state index in [1.807, 2.05) is 11.1 Å². The monoisotopic (exact) mass is 330 g/mol. The van der Waals surface area contributed by atoms with Crippen LogP contribution >= 0.6 is 0 Å². The Morgan fingerprint density at radius 1 is 1.42 bits per heavy atom. The fourth-order valence-corrected chi connectivity index (χ4v) is 3.45. The third kappa shape index (κ3) is 3.21. The topological polar surface area (TPSA) is 84.4 Å². The predicted molar refractivity (Wildman–Crippen MR) is 85.0 cm³/mol. The van der Waals surface area contributed by atoms with Gasteiger partial charge in [0.2, 0.25) is 5.91 Å². The highest BCUT2D eigenvalue weighted by Gasteiger charge is 2.32. The summed E-state index contributed by atoms with van der Waals surface area (Å²) < 4.78 is 6.89. The Bertz CT molecular complexity index is 693. The average molecular weight is 330 g/mol. The fraction of sp³-hybridized carbons (Fsp3) is 0.588. The van der Waals surface area contributed by atoms with Gasteiger partial charge in [0.1, 0.15) is 18.4 Å². The van der Waals surface area contributed by atoms with Crippen molar-refractivity contribution in [3.63, 3.8) is 0 Å². The van der Waals surface area contributed by atoms with Gasteiger partial charge in [-0.2, -0.15) is 0 Å². The van der Waals surface area contributed by atoms with Gasteiger partial charge in [0.25, 0.3) is 0 Å². The highest BCUT2D eigenvalue weighted by Crippen LogP contribution is 2.38. The summed E-state index contributed by atoms with van der Waals surface area (Å²) in [7, 11) is 0. The lowest BCUT2D eigenvalue weighted by molar-refractivity contribution is -0.133. The van der Waals surface area contributed by atoms with E-state index in [0.29, 0.717) is 18.1 Å². The standard InChI is InChI=1S/C17H22N4O3/c22-15(16-4-2-8-24-16)9-13-3-1-7-21(13)17(23)11-20-10-14(18-19-20)12-5-6-12/h2,4,8,10,12-13,15,22H,1,3,5-7,9,11H2. The molecule has 1 N–H and O–H groups in total. The van der Waals surface area contributed by atoms with Gasteiger partial charge in [-0.1, -0.05) is 5.21 Å². The molecule has 0 aromatic carbocycles. The van der Waals surface area contributed by atoms with Gasteiger partial charge in [-0.3, -0.25) is 4.79 Å². The molecule has 7 heteroatoms. The number of likely N-dealkylation sites (tertiary alicyclic amines) is 1. The molecule has 1 saturated carbocycles. The van der Waals surface area contributed by atoms with E-state index in [4.69, 9.17) is 4.42 Å². The van der Waals surface area contributed by atoms with Crippen molar-refractivity contribution in [1.29, 1.82) is 0 Å². The lowest BCUT2D eigenvalue weighted by atomic mass is 10.1. The number of amides is 1. The SMILES string of the molecule is O=C(Cn1cc(C2CC2)nn1)N1CCCC1CC(O)c1ccco1. The zero-order chi connectivity index (χ0) is 16.5. The van der Waals surface area contributed by atoms with Gasteiger partial charge in [0.15, 0.2) is 0 Å². The van der Waals surface area contributed by atoms with Crippen LogP contribution in [0.4, 0.5) is 0 Å². The molecule has 2 unspecified atom stereocenters. The van der Waals surface area contributed by atoms with Crippen LogP contribution in [0.1, 0.15) is 55.6 Å². The van der Waals surface area contributed by atoms with Crippen LogP contribution in [-0.4, -0.2) is 43.5 Å². The largest absolute Gasteiger partial charge is 0.467 e. The second-order valence-electron chi connectivity index (χ2n) is 6.77. The Kier molecular flexibility index (Phi) is 4.10. The first kappa shape index (κ1) is 15.4. The van der Waals surface area contributed by atoms with Crippen LogP contribution in [0.3, 0.4) is 0 Å². The lowest BCUT2D eigenvalue weighted by Crippen LogP contribution is -2.38. The smallest absolute Gasteiger partial charge is 0.244 e. The maximum atomic E-state index is 12.6. The van der Waals surface area contributed by atoms with Gasteiger partial charge >= 0.3 is 0 Å². The molecule has 2 aliphatic rings. The molecule has 0 spiro atoms. The highest BCUT2D eigenvalue weighted by molar-refractivity contribution is 5.76. The van der Waals surface area contributed by atoms with E-state index in [0.717, 1.165) is 25.1 Å². The van der Waals surface area contributed by atoms with Gasteiger partial charge in [0, 0.05) is 31.1 Å². The number of carbonyl (C=O) groups excluding carboxylic acids is 1. The predicted octanol–water partition coefficient (Wildman–Crippen LogP) is 1.86. The first-order chi connectivity index (χ1) is 11.7. The third-order valence-corrected chi connectivity index (χ3v) is 4.91. The van der Waals surface area contributed by atoms with E-state index in [2.05, 4.69) is 10.3 Å². The molecule has 7 nitrogen and oxygen atoms in total. The summed E-state index contributed by atoms with van der Waals surface area (Å²) in [5.41, 5.74) is 0.994. The Hall–Kier alpha value is -2.15. The van der Waals surface area contributed by atoms with Crippen LogP contribution in [0, 0.1) is 0 Å². The van der Waals surface area contributed by atoms with E-state index in [9.17, 15) is 9.90 Å². The van der Waals surface area contributed by atoms with Crippen molar-refractivity contribution in [3.05, 3.63) is 36.0 Å². The maximum Gasteiger partial charge on any atom is 0.244 e. The van der Waals surface area contributed by atoms with Crippen LogP contribution in [0.25, 0.3) is 0 Å². The molecule has 2 atom stereocenters. The van der Waals surface area contributed by atoms with Gasteiger partial charge < -0.3 is 14.4 Å². The second kappa shape index (κ2) is 6.39. The van der Waals surface area contributed by atoms with E-state index in [-0.39, 0.29) is 18.5 Å². The van der Waals surface area contributed by atoms with Crippen molar-refractivity contribution >= 4 is 5.91 Å². The fourth-order valence-electron chi connectivity index (χ4n) is 3.45. The van der Waals surface area contributed by atoms with E-state index in [1.54, 1.807) is 23.1 Å². The van der Waals surface area contributed by atoms with E-state index in [1.165, 1.54) is 12.8 Å². The van der Waals surface area contributed by atoms with Crippen molar-refractivity contribution in [1.82, 2.24) is 19.9 Å². The Morgan fingerprint density at radius 2 is 2.29 bits per heavy atom. The first-order valence-corrected chi connectivity index (χ1v) is 8.61. The zero-order valence-corrected chi connectivity index (χ0v) is 13.5. The molecule has 0 bridgehead atoms. The van der Waals surface area contributed by atoms with Gasteiger partial charge in [-0.25, -0.2) is 4.68 Å². The van der Waals surface area contributed by atoms with Gasteiger partial charge in [0.05, 0.1) is 12.0 Å². The number of furan rings is 1. The van der Waals surface area contributed by atoms with Crippen molar-refractivity contribution in [2.24, 2.45) is 0 Å². The Labute approximate surface area is 140 Å². The quantitative estimate of drug-likeness (QED) is 0.874. The number of rotatable bonds is 6. The number of aromatic nitrogens is 3. The second-order valence-corrected chi connectivity index (χ2v) is 6.77. The molecule has 0 radical (unpaired) electrons. The minimum atomic E-state index is -0.675. The minimum absolute atomic E-state index is 0.0383. The van der Waals surface area contributed by atoms with Gasteiger partial charge in [-0.05, 0) is 37.8 Å². The molecule has 1 amide bonds. The molecule has 4 rings (SSSR count). The summed E-state index contributed by atoms with van der Waals surface area (Å²) in [6.45, 7) is 0.950. The molecule has 128 valence electrons. The van der Waals surface area contributed by atoms with E-state index >= 15 is 0 Å². The molecule has 1 saturated heterocycles. The van der Waals surface area contributed by atoms with Crippen molar-refractivity contribution < 1.29 is 14.3 Å². The van der Waals surface area contributed by atoms with Gasteiger partial charge in [-0.15, -0.1) is 5.10 Å². The summed E-state index contributed by atoms with van der Waals surface area (Å²) in [6, 6.07) is 3.57. The molecular weight excluding hydrogens is 308 g/mol. The Balaban J connectivity index is 1.37. The number of aliphatic hydroxyl groups excluding tert-OH is 1. The molecular formula is C17H22N4O3.